The molecule has 2 N–H and O–H groups in total. The average molecular weight is 233 g/mol. The van der Waals surface area contributed by atoms with Gasteiger partial charge in [0, 0.05) is 25.1 Å². The summed E-state index contributed by atoms with van der Waals surface area (Å²) in [6.45, 7) is 6.11. The molecule has 0 saturated heterocycles. The first-order valence-corrected chi connectivity index (χ1v) is 6.03. The van der Waals surface area contributed by atoms with E-state index in [4.69, 9.17) is 0 Å². The highest BCUT2D eigenvalue weighted by Crippen LogP contribution is 2.13. The Balaban J connectivity index is 1.98. The van der Waals surface area contributed by atoms with Crippen LogP contribution in [0.15, 0.2) is 24.9 Å². The molecule has 1 unspecified atom stereocenters. The molecule has 0 saturated carbocycles. The first-order chi connectivity index (χ1) is 8.31. The summed E-state index contributed by atoms with van der Waals surface area (Å²) in [6, 6.07) is 0.192. The smallest absolute Gasteiger partial charge is 0.128 e. The van der Waals surface area contributed by atoms with Crippen molar-refractivity contribution in [1.82, 2.24) is 24.8 Å². The normalized spacial score (nSPS) is 12.8. The molecule has 2 rings (SSSR count). The Kier molecular flexibility index (Phi) is 3.93. The predicted molar refractivity (Wildman–Crippen MR) is 66.6 cm³/mol. The van der Waals surface area contributed by atoms with E-state index < -0.39 is 0 Å². The highest BCUT2D eigenvalue weighted by atomic mass is 15.1. The third-order valence-corrected chi connectivity index (χ3v) is 2.75. The Morgan fingerprint density at radius 2 is 2.35 bits per heavy atom. The Bertz CT molecular complexity index is 431. The molecule has 5 heteroatoms. The van der Waals surface area contributed by atoms with Crippen LogP contribution in [0.25, 0.3) is 0 Å². The molecular formula is C12H19N5. The minimum Gasteiger partial charge on any atom is -0.347 e. The number of aromatic amines is 1. The van der Waals surface area contributed by atoms with Gasteiger partial charge in [-0.05, 0) is 19.9 Å². The summed E-state index contributed by atoms with van der Waals surface area (Å²) in [5.74, 6) is 0.954. The zero-order chi connectivity index (χ0) is 12.1. The number of hydrogen-bond acceptors (Lipinski definition) is 3. The lowest BCUT2D eigenvalue weighted by molar-refractivity contribution is 0.603. The molecule has 0 fully saturated rings. The summed E-state index contributed by atoms with van der Waals surface area (Å²) in [5.41, 5.74) is 1.07. The molecule has 92 valence electrons. The number of rotatable bonds is 6. The summed E-state index contributed by atoms with van der Waals surface area (Å²) < 4.78 is 2.07. The Morgan fingerprint density at radius 1 is 1.47 bits per heavy atom. The molecule has 0 bridgehead atoms. The van der Waals surface area contributed by atoms with Gasteiger partial charge in [0.2, 0.25) is 0 Å². The van der Waals surface area contributed by atoms with Crippen molar-refractivity contribution < 1.29 is 0 Å². The van der Waals surface area contributed by atoms with Gasteiger partial charge in [0.1, 0.15) is 5.82 Å². The third kappa shape index (κ3) is 2.94. The van der Waals surface area contributed by atoms with Gasteiger partial charge in [-0.15, -0.1) is 0 Å². The summed E-state index contributed by atoms with van der Waals surface area (Å²) in [6.07, 6.45) is 8.68. The maximum atomic E-state index is 4.38. The van der Waals surface area contributed by atoms with E-state index in [0.717, 1.165) is 31.0 Å². The van der Waals surface area contributed by atoms with Gasteiger partial charge in [0.05, 0.1) is 18.1 Å². The van der Waals surface area contributed by atoms with Gasteiger partial charge in [0.15, 0.2) is 0 Å². The maximum absolute atomic E-state index is 4.38. The second-order valence-electron chi connectivity index (χ2n) is 4.14. The van der Waals surface area contributed by atoms with E-state index in [2.05, 4.69) is 44.9 Å². The second kappa shape index (κ2) is 5.63. The molecule has 0 aliphatic heterocycles. The van der Waals surface area contributed by atoms with E-state index in [1.165, 1.54) is 0 Å². The van der Waals surface area contributed by atoms with Gasteiger partial charge in [-0.3, -0.25) is 0 Å². The van der Waals surface area contributed by atoms with Gasteiger partial charge < -0.3 is 14.9 Å². The van der Waals surface area contributed by atoms with E-state index in [-0.39, 0.29) is 6.04 Å². The second-order valence-corrected chi connectivity index (χ2v) is 4.14. The standard InChI is InChI=1S/C12H19N5/c1-3-4-13-7-11-8-17(9-16-11)10(2)12-14-5-6-15-12/h5-6,8-10,13H,3-4,7H2,1-2H3,(H,14,15). The molecule has 0 aromatic carbocycles. The topological polar surface area (TPSA) is 58.5 Å². The van der Waals surface area contributed by atoms with Crippen molar-refractivity contribution in [3.8, 4) is 0 Å². The predicted octanol–water partition coefficient (Wildman–Crippen LogP) is 1.72. The fourth-order valence-electron chi connectivity index (χ4n) is 1.72. The average Bonchev–Trinajstić information content (AvgIpc) is 3.00. The van der Waals surface area contributed by atoms with E-state index in [9.17, 15) is 0 Å². The fourth-order valence-corrected chi connectivity index (χ4v) is 1.72. The molecule has 5 nitrogen and oxygen atoms in total. The van der Waals surface area contributed by atoms with Crippen LogP contribution in [0.3, 0.4) is 0 Å². The number of aromatic nitrogens is 4. The first-order valence-electron chi connectivity index (χ1n) is 6.03. The minimum atomic E-state index is 0.192. The van der Waals surface area contributed by atoms with Gasteiger partial charge >= 0.3 is 0 Å². The van der Waals surface area contributed by atoms with Gasteiger partial charge in [0.25, 0.3) is 0 Å². The summed E-state index contributed by atoms with van der Waals surface area (Å²) in [5, 5.41) is 3.34. The van der Waals surface area contributed by atoms with Crippen LogP contribution in [0, 0.1) is 0 Å². The number of imidazole rings is 2. The van der Waals surface area contributed by atoms with Crippen LogP contribution in [0.4, 0.5) is 0 Å². The Hall–Kier alpha value is -1.62. The molecule has 2 heterocycles. The van der Waals surface area contributed by atoms with Crippen LogP contribution in [-0.4, -0.2) is 26.1 Å². The molecule has 2 aromatic rings. The van der Waals surface area contributed by atoms with Crippen molar-refractivity contribution in [3.05, 3.63) is 36.4 Å². The first kappa shape index (κ1) is 11.9. The Labute approximate surface area is 101 Å². The molecule has 2 aromatic heterocycles. The van der Waals surface area contributed by atoms with Crippen molar-refractivity contribution in [3.63, 3.8) is 0 Å². The largest absolute Gasteiger partial charge is 0.347 e. The molecule has 0 aliphatic carbocycles. The molecule has 0 amide bonds. The van der Waals surface area contributed by atoms with Crippen LogP contribution < -0.4 is 5.32 Å². The lowest BCUT2D eigenvalue weighted by atomic mass is 10.3. The number of H-pyrrole nitrogens is 1. The number of nitrogens with zero attached hydrogens (tertiary/aromatic N) is 3. The van der Waals surface area contributed by atoms with Crippen molar-refractivity contribution in [1.29, 1.82) is 0 Å². The van der Waals surface area contributed by atoms with Crippen molar-refractivity contribution >= 4 is 0 Å². The third-order valence-electron chi connectivity index (χ3n) is 2.75. The van der Waals surface area contributed by atoms with Crippen LogP contribution in [-0.2, 0) is 6.54 Å². The molecule has 0 aliphatic rings. The van der Waals surface area contributed by atoms with Crippen LogP contribution in [0.1, 0.15) is 37.8 Å². The molecule has 17 heavy (non-hydrogen) atoms. The highest BCUT2D eigenvalue weighted by Gasteiger charge is 2.10. The SMILES string of the molecule is CCCNCc1cn(C(C)c2ncc[nH]2)cn1. The monoisotopic (exact) mass is 233 g/mol. The van der Waals surface area contributed by atoms with Crippen LogP contribution in [0.5, 0.6) is 0 Å². The van der Waals surface area contributed by atoms with Gasteiger partial charge in [-0.1, -0.05) is 6.92 Å². The lowest BCUT2D eigenvalue weighted by Crippen LogP contribution is -2.14. The van der Waals surface area contributed by atoms with E-state index in [1.54, 1.807) is 6.20 Å². The zero-order valence-electron chi connectivity index (χ0n) is 10.3. The van der Waals surface area contributed by atoms with Crippen LogP contribution in [0.2, 0.25) is 0 Å². The summed E-state index contributed by atoms with van der Waals surface area (Å²) in [7, 11) is 0. The molecule has 0 spiro atoms. The molecule has 1 atom stereocenters. The fraction of sp³-hybridized carbons (Fsp3) is 0.500. The van der Waals surface area contributed by atoms with E-state index in [1.807, 2.05) is 12.5 Å². The zero-order valence-corrected chi connectivity index (χ0v) is 10.3. The summed E-state index contributed by atoms with van der Waals surface area (Å²) in [4.78, 5) is 11.8. The molecular weight excluding hydrogens is 214 g/mol. The maximum Gasteiger partial charge on any atom is 0.128 e. The van der Waals surface area contributed by atoms with Crippen molar-refractivity contribution in [2.24, 2.45) is 0 Å². The van der Waals surface area contributed by atoms with E-state index in [0.29, 0.717) is 0 Å². The van der Waals surface area contributed by atoms with Crippen molar-refractivity contribution in [2.45, 2.75) is 32.9 Å². The van der Waals surface area contributed by atoms with E-state index >= 15 is 0 Å². The quantitative estimate of drug-likeness (QED) is 0.747. The Morgan fingerprint density at radius 3 is 3.06 bits per heavy atom. The van der Waals surface area contributed by atoms with Crippen LogP contribution >= 0.6 is 0 Å². The molecule has 0 radical (unpaired) electrons. The highest BCUT2D eigenvalue weighted by molar-refractivity contribution is 5.03. The number of nitrogens with one attached hydrogen (secondary N) is 2. The van der Waals surface area contributed by atoms with Crippen molar-refractivity contribution in [2.75, 3.05) is 6.54 Å². The summed E-state index contributed by atoms with van der Waals surface area (Å²) >= 11 is 0. The van der Waals surface area contributed by atoms with Gasteiger partial charge in [-0.25, -0.2) is 9.97 Å². The lowest BCUT2D eigenvalue weighted by Gasteiger charge is -2.09. The number of hydrogen-bond donors (Lipinski definition) is 2. The van der Waals surface area contributed by atoms with Gasteiger partial charge in [-0.2, -0.15) is 0 Å². The minimum absolute atomic E-state index is 0.192.